The third-order valence-electron chi connectivity index (χ3n) is 2.04. The van der Waals surface area contributed by atoms with E-state index in [0.29, 0.717) is 12.5 Å². The Labute approximate surface area is 73.7 Å². The first kappa shape index (κ1) is 9.50. The molecule has 1 rings (SSSR count). The van der Waals surface area contributed by atoms with Crippen molar-refractivity contribution in [3.8, 4) is 6.07 Å². The van der Waals surface area contributed by atoms with Gasteiger partial charge in [-0.05, 0) is 25.8 Å². The van der Waals surface area contributed by atoms with Crippen LogP contribution in [0.5, 0.6) is 0 Å². The van der Waals surface area contributed by atoms with E-state index >= 15 is 0 Å². The molecule has 1 aliphatic rings. The number of hydrogen-bond acceptors (Lipinski definition) is 3. The van der Waals surface area contributed by atoms with Crippen molar-refractivity contribution in [2.45, 2.75) is 31.8 Å². The van der Waals surface area contributed by atoms with Crippen molar-refractivity contribution < 1.29 is 4.74 Å². The van der Waals surface area contributed by atoms with Crippen molar-refractivity contribution in [1.82, 2.24) is 5.32 Å². The van der Waals surface area contributed by atoms with Crippen molar-refractivity contribution in [2.24, 2.45) is 0 Å². The highest BCUT2D eigenvalue weighted by Gasteiger charge is 2.13. The summed E-state index contributed by atoms with van der Waals surface area (Å²) in [7, 11) is 0. The van der Waals surface area contributed by atoms with Crippen LogP contribution in [0.1, 0.15) is 25.7 Å². The Morgan fingerprint density at radius 2 is 2.50 bits per heavy atom. The monoisotopic (exact) mass is 168 g/mol. The molecule has 0 aromatic heterocycles. The molecular formula is C9H16N2O. The van der Waals surface area contributed by atoms with E-state index in [1.807, 2.05) is 0 Å². The fraction of sp³-hybridized carbons (Fsp3) is 0.889. The van der Waals surface area contributed by atoms with Gasteiger partial charge in [-0.2, -0.15) is 5.26 Å². The lowest BCUT2D eigenvalue weighted by atomic mass is 10.2. The summed E-state index contributed by atoms with van der Waals surface area (Å²) >= 11 is 0. The van der Waals surface area contributed by atoms with Crippen LogP contribution in [-0.2, 0) is 4.74 Å². The standard InChI is InChI=1S/C9H16N2O/c10-5-1-2-6-11-8-9-4-3-7-12-9/h9,11H,1-4,6-8H2. The Balaban J connectivity index is 1.85. The highest BCUT2D eigenvalue weighted by Crippen LogP contribution is 2.10. The van der Waals surface area contributed by atoms with Gasteiger partial charge >= 0.3 is 0 Å². The van der Waals surface area contributed by atoms with E-state index in [4.69, 9.17) is 10.00 Å². The van der Waals surface area contributed by atoms with E-state index in [1.54, 1.807) is 0 Å². The van der Waals surface area contributed by atoms with E-state index in [-0.39, 0.29) is 0 Å². The molecule has 1 atom stereocenters. The Bertz CT molecular complexity index is 147. The number of nitrogens with one attached hydrogen (secondary N) is 1. The Morgan fingerprint density at radius 1 is 1.58 bits per heavy atom. The third kappa shape index (κ3) is 3.70. The first-order valence-electron chi connectivity index (χ1n) is 4.63. The summed E-state index contributed by atoms with van der Waals surface area (Å²) in [5.41, 5.74) is 0. The van der Waals surface area contributed by atoms with Gasteiger partial charge in [0.15, 0.2) is 0 Å². The van der Waals surface area contributed by atoms with Gasteiger partial charge in [-0.1, -0.05) is 0 Å². The molecule has 1 unspecified atom stereocenters. The number of nitrogens with zero attached hydrogens (tertiary/aromatic N) is 1. The number of hydrogen-bond donors (Lipinski definition) is 1. The molecule has 0 aromatic carbocycles. The molecule has 0 bridgehead atoms. The fourth-order valence-corrected chi connectivity index (χ4v) is 1.36. The number of ether oxygens (including phenoxy) is 1. The molecule has 68 valence electrons. The van der Waals surface area contributed by atoms with E-state index in [2.05, 4.69) is 11.4 Å². The van der Waals surface area contributed by atoms with Gasteiger partial charge < -0.3 is 10.1 Å². The highest BCUT2D eigenvalue weighted by atomic mass is 16.5. The van der Waals surface area contributed by atoms with E-state index < -0.39 is 0 Å². The fourth-order valence-electron chi connectivity index (χ4n) is 1.36. The highest BCUT2D eigenvalue weighted by molar-refractivity contribution is 4.71. The van der Waals surface area contributed by atoms with Gasteiger partial charge in [0.25, 0.3) is 0 Å². The molecule has 1 heterocycles. The Morgan fingerprint density at radius 3 is 3.17 bits per heavy atom. The molecule has 3 heteroatoms. The lowest BCUT2D eigenvalue weighted by molar-refractivity contribution is 0.110. The SMILES string of the molecule is N#CCCCNCC1CCCO1. The van der Waals surface area contributed by atoms with Crippen LogP contribution >= 0.6 is 0 Å². The van der Waals surface area contributed by atoms with Gasteiger partial charge in [0.1, 0.15) is 0 Å². The van der Waals surface area contributed by atoms with Crippen LogP contribution in [0, 0.1) is 11.3 Å². The summed E-state index contributed by atoms with van der Waals surface area (Å²) in [4.78, 5) is 0. The zero-order valence-electron chi connectivity index (χ0n) is 7.38. The number of nitriles is 1. The van der Waals surface area contributed by atoms with Gasteiger partial charge in [-0.15, -0.1) is 0 Å². The average molecular weight is 168 g/mol. The average Bonchev–Trinajstić information content (AvgIpc) is 2.57. The van der Waals surface area contributed by atoms with Crippen molar-refractivity contribution in [1.29, 1.82) is 5.26 Å². The zero-order valence-corrected chi connectivity index (χ0v) is 7.38. The smallest absolute Gasteiger partial charge is 0.0700 e. The Kier molecular flexibility index (Phi) is 4.74. The third-order valence-corrected chi connectivity index (χ3v) is 2.04. The van der Waals surface area contributed by atoms with Crippen LogP contribution in [0.3, 0.4) is 0 Å². The molecule has 1 saturated heterocycles. The van der Waals surface area contributed by atoms with Crippen molar-refractivity contribution >= 4 is 0 Å². The summed E-state index contributed by atoms with van der Waals surface area (Å²) < 4.78 is 5.43. The largest absolute Gasteiger partial charge is 0.377 e. The van der Waals surface area contributed by atoms with Crippen LogP contribution in [0.15, 0.2) is 0 Å². The van der Waals surface area contributed by atoms with Gasteiger partial charge in [0.2, 0.25) is 0 Å². The second kappa shape index (κ2) is 5.99. The summed E-state index contributed by atoms with van der Waals surface area (Å²) in [6, 6.07) is 2.12. The molecule has 0 amide bonds. The summed E-state index contributed by atoms with van der Waals surface area (Å²) in [6.45, 7) is 2.81. The van der Waals surface area contributed by atoms with Gasteiger partial charge in [-0.3, -0.25) is 0 Å². The maximum atomic E-state index is 8.27. The maximum absolute atomic E-state index is 8.27. The molecule has 0 aromatic rings. The summed E-state index contributed by atoms with van der Waals surface area (Å²) in [5, 5.41) is 11.6. The lowest BCUT2D eigenvalue weighted by Crippen LogP contribution is -2.26. The van der Waals surface area contributed by atoms with E-state index in [0.717, 1.165) is 26.1 Å². The first-order chi connectivity index (χ1) is 5.93. The first-order valence-corrected chi connectivity index (χ1v) is 4.63. The van der Waals surface area contributed by atoms with Crippen LogP contribution in [-0.4, -0.2) is 25.8 Å². The summed E-state index contributed by atoms with van der Waals surface area (Å²) in [6.07, 6.45) is 4.41. The van der Waals surface area contributed by atoms with Crippen LogP contribution in [0.4, 0.5) is 0 Å². The number of unbranched alkanes of at least 4 members (excludes halogenated alkanes) is 1. The minimum Gasteiger partial charge on any atom is -0.377 e. The normalized spacial score (nSPS) is 22.4. The zero-order chi connectivity index (χ0) is 8.65. The predicted molar refractivity (Wildman–Crippen MR) is 46.7 cm³/mol. The van der Waals surface area contributed by atoms with Crippen LogP contribution in [0.25, 0.3) is 0 Å². The van der Waals surface area contributed by atoms with Gasteiger partial charge in [-0.25, -0.2) is 0 Å². The topological polar surface area (TPSA) is 45.0 Å². The lowest BCUT2D eigenvalue weighted by Gasteiger charge is -2.09. The molecule has 12 heavy (non-hydrogen) atoms. The number of rotatable bonds is 5. The molecular weight excluding hydrogens is 152 g/mol. The maximum Gasteiger partial charge on any atom is 0.0700 e. The van der Waals surface area contributed by atoms with E-state index in [9.17, 15) is 0 Å². The Hall–Kier alpha value is -0.590. The minimum absolute atomic E-state index is 0.423. The molecule has 0 saturated carbocycles. The summed E-state index contributed by atoms with van der Waals surface area (Å²) in [5.74, 6) is 0. The quantitative estimate of drug-likeness (QED) is 0.624. The second-order valence-corrected chi connectivity index (χ2v) is 3.10. The molecule has 1 aliphatic heterocycles. The van der Waals surface area contributed by atoms with Crippen molar-refractivity contribution in [3.05, 3.63) is 0 Å². The molecule has 1 N–H and O–H groups in total. The van der Waals surface area contributed by atoms with Gasteiger partial charge in [0, 0.05) is 19.6 Å². The van der Waals surface area contributed by atoms with Crippen molar-refractivity contribution in [3.63, 3.8) is 0 Å². The molecule has 0 radical (unpaired) electrons. The molecule has 3 nitrogen and oxygen atoms in total. The van der Waals surface area contributed by atoms with Crippen LogP contribution in [0.2, 0.25) is 0 Å². The van der Waals surface area contributed by atoms with Crippen molar-refractivity contribution in [2.75, 3.05) is 19.7 Å². The molecule has 0 aliphatic carbocycles. The second-order valence-electron chi connectivity index (χ2n) is 3.10. The van der Waals surface area contributed by atoms with Gasteiger partial charge in [0.05, 0.1) is 12.2 Å². The molecule has 1 fully saturated rings. The minimum atomic E-state index is 0.423. The van der Waals surface area contributed by atoms with Crippen LogP contribution < -0.4 is 5.32 Å². The van der Waals surface area contributed by atoms with E-state index in [1.165, 1.54) is 12.8 Å². The predicted octanol–water partition coefficient (Wildman–Crippen LogP) is 1.06. The molecule has 0 spiro atoms.